The molecule has 0 heterocycles. The van der Waals surface area contributed by atoms with Crippen molar-refractivity contribution in [3.8, 4) is 5.75 Å². The van der Waals surface area contributed by atoms with E-state index < -0.39 is 38.0 Å². The van der Waals surface area contributed by atoms with Crippen molar-refractivity contribution in [3.63, 3.8) is 0 Å². The number of rotatable bonds is 10. The molecule has 0 spiro atoms. The van der Waals surface area contributed by atoms with E-state index in [0.717, 1.165) is 12.1 Å². The summed E-state index contributed by atoms with van der Waals surface area (Å²) in [7, 11) is -4.11. The molecule has 2 aromatic rings. The number of carbonyl (C=O) groups is 1. The van der Waals surface area contributed by atoms with Gasteiger partial charge >= 0.3 is 6.61 Å². The zero-order valence-electron chi connectivity index (χ0n) is 15.4. The lowest BCUT2D eigenvalue weighted by atomic mass is 10.2. The van der Waals surface area contributed by atoms with Crippen LogP contribution in [0.2, 0.25) is 0 Å². The number of para-hydroxylation sites is 1. The summed E-state index contributed by atoms with van der Waals surface area (Å²) >= 11 is 0. The normalized spacial score (nSPS) is 11.2. The highest BCUT2D eigenvalue weighted by molar-refractivity contribution is 7.89. The van der Waals surface area contributed by atoms with E-state index in [-0.39, 0.29) is 30.9 Å². The highest BCUT2D eigenvalue weighted by Crippen LogP contribution is 2.27. The first-order valence-electron chi connectivity index (χ1n) is 8.42. The summed E-state index contributed by atoms with van der Waals surface area (Å²) in [6.45, 7) is -3.05. The number of sulfonamides is 1. The fraction of sp³-hybridized carbons (Fsp3) is 0.235. The Morgan fingerprint density at radius 2 is 1.93 bits per heavy atom. The third kappa shape index (κ3) is 6.63. The van der Waals surface area contributed by atoms with Gasteiger partial charge in [-0.1, -0.05) is 18.2 Å². The van der Waals surface area contributed by atoms with Gasteiger partial charge in [0, 0.05) is 31.1 Å². The van der Waals surface area contributed by atoms with Crippen LogP contribution in [0.5, 0.6) is 5.75 Å². The van der Waals surface area contributed by atoms with Gasteiger partial charge in [0.05, 0.1) is 9.82 Å². The molecule has 13 heteroatoms. The van der Waals surface area contributed by atoms with Crippen molar-refractivity contribution in [2.75, 3.05) is 11.9 Å². The number of ether oxygens (including phenoxy) is 1. The van der Waals surface area contributed by atoms with Crippen LogP contribution in [0.3, 0.4) is 0 Å². The van der Waals surface area contributed by atoms with Crippen LogP contribution in [0, 0.1) is 10.1 Å². The predicted molar refractivity (Wildman–Crippen MR) is 102 cm³/mol. The maximum Gasteiger partial charge on any atom is 0.387 e. The molecule has 162 valence electrons. The Hall–Kier alpha value is -3.32. The third-order valence-electron chi connectivity index (χ3n) is 3.83. The molecule has 0 aliphatic heterocycles. The molecular formula is C17H18F2N4O6S. The number of nitrogens with one attached hydrogen (secondary N) is 2. The first kappa shape index (κ1) is 23.0. The number of hydrogen-bond acceptors (Lipinski definition) is 7. The first-order valence-corrected chi connectivity index (χ1v) is 9.97. The van der Waals surface area contributed by atoms with Gasteiger partial charge in [0.25, 0.3) is 5.69 Å². The van der Waals surface area contributed by atoms with Crippen LogP contribution in [0.4, 0.5) is 20.2 Å². The van der Waals surface area contributed by atoms with Crippen LogP contribution >= 0.6 is 0 Å². The molecule has 0 unspecified atom stereocenters. The monoisotopic (exact) mass is 444 g/mol. The van der Waals surface area contributed by atoms with E-state index >= 15 is 0 Å². The minimum Gasteiger partial charge on any atom is -0.434 e. The fourth-order valence-electron chi connectivity index (χ4n) is 2.44. The Morgan fingerprint density at radius 3 is 2.57 bits per heavy atom. The average Bonchev–Trinajstić information content (AvgIpc) is 2.66. The van der Waals surface area contributed by atoms with Crippen LogP contribution in [-0.4, -0.2) is 32.4 Å². The Labute approximate surface area is 170 Å². The van der Waals surface area contributed by atoms with E-state index in [0.29, 0.717) is 5.56 Å². The zero-order valence-corrected chi connectivity index (χ0v) is 16.2. The molecule has 0 saturated carbocycles. The van der Waals surface area contributed by atoms with Crippen molar-refractivity contribution < 1.29 is 31.7 Å². The van der Waals surface area contributed by atoms with Crippen molar-refractivity contribution in [1.82, 2.24) is 5.32 Å². The lowest BCUT2D eigenvalue weighted by Crippen LogP contribution is -2.25. The van der Waals surface area contributed by atoms with E-state index in [2.05, 4.69) is 15.4 Å². The van der Waals surface area contributed by atoms with Crippen molar-refractivity contribution in [3.05, 3.63) is 58.1 Å². The van der Waals surface area contributed by atoms with Gasteiger partial charge in [0.15, 0.2) is 0 Å². The molecule has 0 bridgehead atoms. The van der Waals surface area contributed by atoms with E-state index in [9.17, 15) is 32.1 Å². The fourth-order valence-corrected chi connectivity index (χ4v) is 2.98. The molecule has 4 N–H and O–H groups in total. The summed E-state index contributed by atoms with van der Waals surface area (Å²) in [5.74, 6) is -0.505. The molecule has 0 atom stereocenters. The van der Waals surface area contributed by atoms with Gasteiger partial charge in [0.2, 0.25) is 15.9 Å². The molecule has 0 fully saturated rings. The molecule has 0 radical (unpaired) electrons. The molecule has 2 rings (SSSR count). The highest BCUT2D eigenvalue weighted by Gasteiger charge is 2.19. The molecule has 0 aliphatic rings. The Bertz CT molecular complexity index is 1030. The molecular weight excluding hydrogens is 426 g/mol. The number of hydrogen-bond donors (Lipinski definition) is 3. The van der Waals surface area contributed by atoms with Crippen molar-refractivity contribution in [2.24, 2.45) is 5.14 Å². The molecule has 30 heavy (non-hydrogen) atoms. The SMILES string of the molecule is NS(=O)(=O)c1ccc(NCCC(=O)NCc2ccccc2OC(F)F)c([N+](=O)[O-])c1. The van der Waals surface area contributed by atoms with Crippen LogP contribution in [-0.2, 0) is 21.4 Å². The van der Waals surface area contributed by atoms with Gasteiger partial charge in [-0.05, 0) is 18.2 Å². The average molecular weight is 444 g/mol. The van der Waals surface area contributed by atoms with Gasteiger partial charge in [-0.25, -0.2) is 13.6 Å². The van der Waals surface area contributed by atoms with E-state index in [1.165, 1.54) is 24.3 Å². The number of anilines is 1. The summed E-state index contributed by atoms with van der Waals surface area (Å²) in [4.78, 5) is 21.9. The Morgan fingerprint density at radius 1 is 1.23 bits per heavy atom. The number of nitrogens with zero attached hydrogens (tertiary/aromatic N) is 1. The minimum atomic E-state index is -4.11. The van der Waals surface area contributed by atoms with Crippen LogP contribution in [0.15, 0.2) is 47.4 Å². The van der Waals surface area contributed by atoms with Gasteiger partial charge in [-0.3, -0.25) is 14.9 Å². The molecule has 0 aromatic heterocycles. The topological polar surface area (TPSA) is 154 Å². The van der Waals surface area contributed by atoms with Crippen molar-refractivity contribution in [1.29, 1.82) is 0 Å². The highest BCUT2D eigenvalue weighted by atomic mass is 32.2. The number of nitro benzene ring substituents is 1. The van der Waals surface area contributed by atoms with Crippen LogP contribution < -0.4 is 20.5 Å². The number of nitrogens with two attached hydrogens (primary N) is 1. The largest absolute Gasteiger partial charge is 0.434 e. The molecule has 10 nitrogen and oxygen atoms in total. The second-order valence-electron chi connectivity index (χ2n) is 5.92. The maximum absolute atomic E-state index is 12.4. The van der Waals surface area contributed by atoms with E-state index in [1.807, 2.05) is 0 Å². The summed E-state index contributed by atoms with van der Waals surface area (Å²) in [6, 6.07) is 9.08. The van der Waals surface area contributed by atoms with Gasteiger partial charge in [-0.15, -0.1) is 0 Å². The zero-order chi connectivity index (χ0) is 22.3. The van der Waals surface area contributed by atoms with Crippen molar-refractivity contribution >= 4 is 27.3 Å². The quantitative estimate of drug-likeness (QED) is 0.374. The number of benzene rings is 2. The van der Waals surface area contributed by atoms with E-state index in [4.69, 9.17) is 5.14 Å². The summed E-state index contributed by atoms with van der Waals surface area (Å²) < 4.78 is 51.8. The second-order valence-corrected chi connectivity index (χ2v) is 7.48. The summed E-state index contributed by atoms with van der Waals surface area (Å²) in [5.41, 5.74) is -0.149. The lowest BCUT2D eigenvalue weighted by Gasteiger charge is -2.12. The first-order chi connectivity index (χ1) is 14.1. The van der Waals surface area contributed by atoms with Gasteiger partial charge in [-0.2, -0.15) is 8.78 Å². The maximum atomic E-state index is 12.4. The van der Waals surface area contributed by atoms with Crippen molar-refractivity contribution in [2.45, 2.75) is 24.5 Å². The second kappa shape index (κ2) is 9.93. The standard InChI is InChI=1S/C17H18F2N4O6S/c18-17(19)29-15-4-2-1-3-11(15)10-22-16(24)7-8-21-13-6-5-12(30(20,27)28)9-14(13)23(25)26/h1-6,9,17,21H,7-8,10H2,(H,22,24)(H2,20,27,28). The third-order valence-corrected chi connectivity index (χ3v) is 4.74. The molecule has 1 amide bonds. The summed E-state index contributed by atoms with van der Waals surface area (Å²) in [6.07, 6.45) is -0.0913. The van der Waals surface area contributed by atoms with E-state index in [1.54, 1.807) is 6.07 Å². The summed E-state index contributed by atoms with van der Waals surface area (Å²) in [5, 5.41) is 21.3. The van der Waals surface area contributed by atoms with Crippen LogP contribution in [0.1, 0.15) is 12.0 Å². The minimum absolute atomic E-state index is 0.00340. The lowest BCUT2D eigenvalue weighted by molar-refractivity contribution is -0.384. The molecule has 0 saturated heterocycles. The molecule has 2 aromatic carbocycles. The Kier molecular flexibility index (Phi) is 7.60. The van der Waals surface area contributed by atoms with Gasteiger partial charge < -0.3 is 15.4 Å². The molecule has 0 aliphatic carbocycles. The number of nitro groups is 1. The van der Waals surface area contributed by atoms with Gasteiger partial charge in [0.1, 0.15) is 11.4 Å². The number of amides is 1. The number of primary sulfonamides is 1. The smallest absolute Gasteiger partial charge is 0.387 e. The Balaban J connectivity index is 1.93. The number of alkyl halides is 2. The number of carbonyl (C=O) groups excluding carboxylic acids is 1. The number of halogens is 2. The van der Waals surface area contributed by atoms with Crippen LogP contribution in [0.25, 0.3) is 0 Å². The predicted octanol–water partition coefficient (Wildman–Crippen LogP) is 1.96.